The van der Waals surface area contributed by atoms with E-state index in [0.29, 0.717) is 25.7 Å². The Morgan fingerprint density at radius 2 is 0.644 bits per heavy atom. The van der Waals surface area contributed by atoms with Crippen LogP contribution in [0.3, 0.4) is 0 Å². The highest BCUT2D eigenvalue weighted by Crippen LogP contribution is 2.23. The van der Waals surface area contributed by atoms with Gasteiger partial charge in [-0.2, -0.15) is 0 Å². The molecule has 664 valence electrons. The molecule has 0 spiro atoms. The minimum atomic E-state index is -1.97. The van der Waals surface area contributed by atoms with Crippen LogP contribution < -0.4 is 121 Å². The number of carbonyl (C=O) groups is 19. The lowest BCUT2D eigenvalue weighted by Crippen LogP contribution is -2.59. The van der Waals surface area contributed by atoms with Crippen molar-refractivity contribution < 1.29 is 112 Å². The summed E-state index contributed by atoms with van der Waals surface area (Å²) >= 11 is 0. The molecular weight excluding hydrogens is 1560 g/mol. The Morgan fingerprint density at radius 1 is 0.331 bits per heavy atom. The Bertz CT molecular complexity index is 3470. The van der Waals surface area contributed by atoms with Gasteiger partial charge in [-0.1, -0.05) is 0 Å². The van der Waals surface area contributed by atoms with Crippen molar-refractivity contribution in [2.24, 2.45) is 61.6 Å². The van der Waals surface area contributed by atoms with Gasteiger partial charge in [0, 0.05) is 32.6 Å². The molecule has 49 heteroatoms. The van der Waals surface area contributed by atoms with Gasteiger partial charge in [0.2, 0.25) is 88.6 Å². The van der Waals surface area contributed by atoms with E-state index in [0.717, 1.165) is 9.80 Å². The lowest BCUT2D eigenvalue weighted by atomic mass is 10.0. The third-order valence-electron chi connectivity index (χ3n) is 18.4. The van der Waals surface area contributed by atoms with Crippen molar-refractivity contribution in [3.05, 3.63) is 0 Å². The monoisotopic (exact) mass is 1680 g/mol. The minimum Gasteiger partial charge on any atom is -0.481 e. The van der Waals surface area contributed by atoms with Crippen molar-refractivity contribution in [2.75, 3.05) is 85.1 Å². The van der Waals surface area contributed by atoms with Crippen molar-refractivity contribution in [1.82, 2.24) is 78.9 Å². The number of nitrogens with zero attached hydrogens (tertiary/aromatic N) is 4. The summed E-state index contributed by atoms with van der Waals surface area (Å²) in [6.07, 6.45) is -1.36. The van der Waals surface area contributed by atoms with Crippen molar-refractivity contribution in [3.8, 4) is 0 Å². The molecule has 2 saturated heterocycles. The second-order valence-corrected chi connectivity index (χ2v) is 27.8. The lowest BCUT2D eigenvalue weighted by Gasteiger charge is -2.31. The normalized spacial score (nSPS) is 15.7. The smallest absolute Gasteiger partial charge is 0.326 e. The zero-order chi connectivity index (χ0) is 88.4. The molecule has 2 fully saturated rings. The van der Waals surface area contributed by atoms with Gasteiger partial charge in [0.25, 0.3) is 0 Å². The summed E-state index contributed by atoms with van der Waals surface area (Å²) in [6.45, 7) is -2.97. The first-order valence-corrected chi connectivity index (χ1v) is 38.9. The molecule has 0 unspecified atom stereocenters. The van der Waals surface area contributed by atoms with Gasteiger partial charge in [-0.25, -0.2) is 4.79 Å². The number of amides is 15. The number of aliphatic carboxylic acids is 4. The maximum Gasteiger partial charge on any atom is 0.326 e. The quantitative estimate of drug-likeness (QED) is 0.0153. The van der Waals surface area contributed by atoms with Crippen LogP contribution in [0.4, 0.5) is 0 Å². The van der Waals surface area contributed by atoms with Gasteiger partial charge in [0.15, 0.2) is 11.9 Å². The molecule has 2 heterocycles. The second kappa shape index (κ2) is 56.5. The Labute approximate surface area is 679 Å². The maximum atomic E-state index is 14.7. The Kier molecular flexibility index (Phi) is 49.0. The van der Waals surface area contributed by atoms with Crippen LogP contribution in [-0.4, -0.2) is 306 Å². The van der Waals surface area contributed by atoms with E-state index in [-0.39, 0.29) is 167 Å². The molecule has 2 aliphatic heterocycles. The number of nitrogens with two attached hydrogens (primary N) is 9. The highest BCUT2D eigenvalue weighted by Gasteiger charge is 2.43. The van der Waals surface area contributed by atoms with E-state index in [1.807, 2.05) is 0 Å². The van der Waals surface area contributed by atoms with Crippen LogP contribution in [0.15, 0.2) is 9.98 Å². The number of guanidine groups is 2. The zero-order valence-electron chi connectivity index (χ0n) is 66.0. The third kappa shape index (κ3) is 40.7. The van der Waals surface area contributed by atoms with Crippen LogP contribution >= 0.6 is 0 Å². The van der Waals surface area contributed by atoms with Gasteiger partial charge in [0.05, 0.1) is 45.6 Å². The molecule has 15 amide bonds. The van der Waals surface area contributed by atoms with Crippen molar-refractivity contribution >= 4 is 124 Å². The van der Waals surface area contributed by atoms with Crippen LogP contribution in [-0.2, 0) is 91.1 Å². The molecule has 49 nitrogen and oxygen atoms in total. The molecule has 0 aromatic heterocycles. The molecular formula is C69H120N26O23. The first-order chi connectivity index (χ1) is 56.0. The van der Waals surface area contributed by atoms with E-state index < -0.39 is 237 Å². The maximum absolute atomic E-state index is 14.7. The average Bonchev–Trinajstić information content (AvgIpc) is 1.66. The number of aliphatic imine (C=N–C) groups is 2. The lowest BCUT2D eigenvalue weighted by molar-refractivity contribution is -0.145. The fourth-order valence-electron chi connectivity index (χ4n) is 12.3. The van der Waals surface area contributed by atoms with E-state index in [1.54, 1.807) is 0 Å². The molecule has 11 atom stereocenters. The fraction of sp³-hybridized carbons (Fsp3) is 0.696. The summed E-state index contributed by atoms with van der Waals surface area (Å²) in [5.74, 6) is -21.1. The molecule has 2 rings (SSSR count). The zero-order valence-corrected chi connectivity index (χ0v) is 66.0. The summed E-state index contributed by atoms with van der Waals surface area (Å²) in [6, 6.07) is -17.0. The van der Waals surface area contributed by atoms with E-state index >= 15 is 0 Å². The SMILES string of the molecule is NCCCC[C@H](NC(=O)CNC(=O)CNC(=O)CN)C(=O)N[C@@H](CCCCN)C(=O)NCC(=O)N[C@@H](CC(=O)O)C(=O)N[C@@H](CCCCN)C(=O)N[C@@H](CCC(=O)O)C(=O)N1CCC[C@H]1C(=O)N[C@@H](CCCCN)C(=O)NCC(=O)N[C@@H](CC(=O)O)C(=O)N[C@@H](CCCN=C(N)N)C(=O)N1CCC[C@H]1C(=O)N[C@@H](CCCN=C(N)N)C(=O)O. The molecule has 118 heavy (non-hydrogen) atoms. The molecule has 0 bridgehead atoms. The second-order valence-electron chi connectivity index (χ2n) is 27.8. The van der Waals surface area contributed by atoms with Gasteiger partial charge < -0.3 is 151 Å². The van der Waals surface area contributed by atoms with Crippen LogP contribution in [0, 0.1) is 0 Å². The van der Waals surface area contributed by atoms with Crippen LogP contribution in [0.25, 0.3) is 0 Å². The molecule has 0 aliphatic carbocycles. The average molecular weight is 1680 g/mol. The van der Waals surface area contributed by atoms with E-state index in [2.05, 4.69) is 79.1 Å². The number of nitrogens with one attached hydrogen (secondary N) is 13. The number of carbonyl (C=O) groups excluding carboxylic acids is 15. The molecule has 0 aromatic carbocycles. The first-order valence-electron chi connectivity index (χ1n) is 38.9. The highest BCUT2D eigenvalue weighted by molar-refractivity contribution is 6.01. The standard InChI is InChI=1S/C69H120N26O23/c70-23-5-1-13-38(88-59(109)40(15-3-7-25-72)85-51(98)35-82-50(97)34-81-49(96)33-74)57(107)83-36-52(99)86-45(31-55(103)104)61(111)89-41(16-4-8-26-73)60(110)92-43(21-22-54(101)102)66(116)95-30-11-19-47(95)63(113)90-39(14-2-6-24-71)58(108)84-37-53(100)87-46(32-56(105)106)62(112)91-42(17-9-27-79-68(75)76)65(115)94-29-12-20-48(94)64(114)93-44(67(117)118)18-10-28-80-69(77)78/h38-48H,1-37,70-74H2,(H,81,96)(H,82,97)(H,83,107)(H,84,108)(H,85,98)(H,86,99)(H,87,100)(H,88,109)(H,89,111)(H,90,113)(H,91,112)(H,92,110)(H,93,114)(H,101,102)(H,103,104)(H,105,106)(H,117,118)(H4,75,76,79)(H4,77,78,80)/t38-,39-,40-,41-,42-,43-,44-,45-,46-,47-,48-/m0/s1. The third-order valence-corrected chi connectivity index (χ3v) is 18.4. The summed E-state index contributed by atoms with van der Waals surface area (Å²) in [4.78, 5) is 263. The number of unbranched alkanes of at least 4 members (excludes halogenated alkanes) is 4. The summed E-state index contributed by atoms with van der Waals surface area (Å²) in [5.41, 5.74) is 49.7. The van der Waals surface area contributed by atoms with Gasteiger partial charge in [-0.3, -0.25) is 96.3 Å². The minimum absolute atomic E-state index is 0.0201. The fourth-order valence-corrected chi connectivity index (χ4v) is 12.3. The molecule has 0 saturated carbocycles. The van der Waals surface area contributed by atoms with Crippen molar-refractivity contribution in [3.63, 3.8) is 0 Å². The van der Waals surface area contributed by atoms with Gasteiger partial charge in [0.1, 0.15) is 66.5 Å². The van der Waals surface area contributed by atoms with E-state index in [1.165, 1.54) is 0 Å². The van der Waals surface area contributed by atoms with E-state index in [4.69, 9.17) is 51.6 Å². The molecule has 35 N–H and O–H groups in total. The molecule has 0 radical (unpaired) electrons. The summed E-state index contributed by atoms with van der Waals surface area (Å²) in [7, 11) is 0. The highest BCUT2D eigenvalue weighted by atomic mass is 16.4. The number of carboxylic acid groups (broad SMARTS) is 4. The number of likely N-dealkylation sites (tertiary alicyclic amines) is 2. The molecule has 2 aliphatic rings. The number of hydrogen-bond acceptors (Lipinski definition) is 26. The van der Waals surface area contributed by atoms with Gasteiger partial charge in [-0.05, 0) is 161 Å². The topological polar surface area (TPSA) is 827 Å². The molecule has 0 aromatic rings. The largest absolute Gasteiger partial charge is 0.481 e. The van der Waals surface area contributed by atoms with Crippen LogP contribution in [0.1, 0.15) is 154 Å². The van der Waals surface area contributed by atoms with Crippen molar-refractivity contribution in [1.29, 1.82) is 0 Å². The first kappa shape index (κ1) is 102. The van der Waals surface area contributed by atoms with Crippen LogP contribution in [0.2, 0.25) is 0 Å². The number of hydrogen-bond donors (Lipinski definition) is 26. The van der Waals surface area contributed by atoms with E-state index in [9.17, 15) is 112 Å². The van der Waals surface area contributed by atoms with Crippen LogP contribution in [0.5, 0.6) is 0 Å². The van der Waals surface area contributed by atoms with Gasteiger partial charge >= 0.3 is 23.9 Å². The Balaban J connectivity index is 2.36. The number of carboxylic acids is 4. The predicted octanol–water partition coefficient (Wildman–Crippen LogP) is -11.7. The van der Waals surface area contributed by atoms with Crippen molar-refractivity contribution in [2.45, 2.75) is 221 Å². The Hall–Kier alpha value is -11.7. The summed E-state index contributed by atoms with van der Waals surface area (Å²) < 4.78 is 0. The summed E-state index contributed by atoms with van der Waals surface area (Å²) in [5, 5.41) is 70.3. The van der Waals surface area contributed by atoms with Gasteiger partial charge in [-0.15, -0.1) is 0 Å². The number of rotatable bonds is 60. The Morgan fingerprint density at radius 3 is 1.02 bits per heavy atom. The predicted molar refractivity (Wildman–Crippen MR) is 418 cm³/mol.